The average Bonchev–Trinajstić information content (AvgIpc) is 2.47. The van der Waals surface area contributed by atoms with E-state index < -0.39 is 17.9 Å². The van der Waals surface area contributed by atoms with Gasteiger partial charge >= 0.3 is 0 Å². The van der Waals surface area contributed by atoms with Crippen LogP contribution >= 0.6 is 0 Å². The predicted molar refractivity (Wildman–Crippen MR) is 70.7 cm³/mol. The number of carbonyl (C=O) groups excluding carboxylic acids is 2. The Morgan fingerprint density at radius 1 is 0.895 bits per heavy atom. The fourth-order valence-electron chi connectivity index (χ4n) is 1.59. The molecule has 0 bridgehead atoms. The highest BCUT2D eigenvalue weighted by molar-refractivity contribution is 6.15. The lowest BCUT2D eigenvalue weighted by molar-refractivity contribution is -0.119. The highest BCUT2D eigenvalue weighted by atomic mass is 19.1. The van der Waals surface area contributed by atoms with Crippen LogP contribution in [0.2, 0.25) is 0 Å². The SMILES string of the molecule is O=C(Nc1ccccc1)C(F)C(=O)c1ccccc1. The van der Waals surface area contributed by atoms with Gasteiger partial charge in [0.2, 0.25) is 12.0 Å². The summed E-state index contributed by atoms with van der Waals surface area (Å²) in [7, 11) is 0. The first-order valence-corrected chi connectivity index (χ1v) is 5.78. The zero-order valence-electron chi connectivity index (χ0n) is 10.0. The third-order valence-corrected chi connectivity index (χ3v) is 2.56. The fourth-order valence-corrected chi connectivity index (χ4v) is 1.59. The topological polar surface area (TPSA) is 46.2 Å². The summed E-state index contributed by atoms with van der Waals surface area (Å²) in [6.45, 7) is 0. The van der Waals surface area contributed by atoms with Gasteiger partial charge in [-0.05, 0) is 12.1 Å². The number of amides is 1. The van der Waals surface area contributed by atoms with Gasteiger partial charge in [0, 0.05) is 11.3 Å². The first-order chi connectivity index (χ1) is 9.18. The molecule has 0 saturated heterocycles. The van der Waals surface area contributed by atoms with E-state index in [-0.39, 0.29) is 5.56 Å². The van der Waals surface area contributed by atoms with Gasteiger partial charge in [0.05, 0.1) is 0 Å². The minimum Gasteiger partial charge on any atom is -0.323 e. The first kappa shape index (κ1) is 13.0. The number of rotatable bonds is 4. The summed E-state index contributed by atoms with van der Waals surface area (Å²) in [6.07, 6.45) is -2.21. The lowest BCUT2D eigenvalue weighted by Gasteiger charge is -2.08. The quantitative estimate of drug-likeness (QED) is 0.676. The van der Waals surface area contributed by atoms with Gasteiger partial charge in [-0.15, -0.1) is 0 Å². The van der Waals surface area contributed by atoms with Gasteiger partial charge < -0.3 is 5.32 Å². The van der Waals surface area contributed by atoms with Gasteiger partial charge in [-0.2, -0.15) is 0 Å². The van der Waals surface area contributed by atoms with Crippen molar-refractivity contribution in [2.24, 2.45) is 0 Å². The summed E-state index contributed by atoms with van der Waals surface area (Å²) in [5.74, 6) is -1.80. The van der Waals surface area contributed by atoms with Crippen molar-refractivity contribution in [1.29, 1.82) is 0 Å². The van der Waals surface area contributed by atoms with Crippen LogP contribution < -0.4 is 5.32 Å². The second-order valence-electron chi connectivity index (χ2n) is 3.95. The molecule has 0 heterocycles. The molecule has 96 valence electrons. The number of carbonyl (C=O) groups is 2. The molecule has 2 rings (SSSR count). The summed E-state index contributed by atoms with van der Waals surface area (Å²) >= 11 is 0. The van der Waals surface area contributed by atoms with E-state index in [0.29, 0.717) is 5.69 Å². The van der Waals surface area contributed by atoms with Crippen LogP contribution in [0.15, 0.2) is 60.7 Å². The Balaban J connectivity index is 2.06. The maximum absolute atomic E-state index is 13.8. The van der Waals surface area contributed by atoms with E-state index in [0.717, 1.165) is 0 Å². The van der Waals surface area contributed by atoms with Crippen LogP contribution in [0.5, 0.6) is 0 Å². The molecule has 0 aliphatic heterocycles. The summed E-state index contributed by atoms with van der Waals surface area (Å²) < 4.78 is 13.8. The van der Waals surface area contributed by atoms with Crippen LogP contribution in [0, 0.1) is 0 Å². The second kappa shape index (κ2) is 5.91. The molecule has 1 amide bonds. The summed E-state index contributed by atoms with van der Waals surface area (Å²) in [5.41, 5.74) is 0.634. The molecule has 2 aromatic rings. The van der Waals surface area contributed by atoms with Crippen molar-refractivity contribution in [3.63, 3.8) is 0 Å². The van der Waals surface area contributed by atoms with Crippen LogP contribution in [0.1, 0.15) is 10.4 Å². The molecule has 0 aliphatic rings. The molecule has 2 aromatic carbocycles. The fraction of sp³-hybridized carbons (Fsp3) is 0.0667. The third-order valence-electron chi connectivity index (χ3n) is 2.56. The lowest BCUT2D eigenvalue weighted by atomic mass is 10.1. The van der Waals surface area contributed by atoms with Crippen LogP contribution in [0.3, 0.4) is 0 Å². The second-order valence-corrected chi connectivity index (χ2v) is 3.95. The number of halogens is 1. The number of hydrogen-bond acceptors (Lipinski definition) is 2. The Morgan fingerprint density at radius 2 is 1.42 bits per heavy atom. The molecule has 19 heavy (non-hydrogen) atoms. The minimum absolute atomic E-state index is 0.179. The highest BCUT2D eigenvalue weighted by Gasteiger charge is 2.26. The summed E-state index contributed by atoms with van der Waals surface area (Å²) in [6, 6.07) is 16.4. The Morgan fingerprint density at radius 3 is 2.00 bits per heavy atom. The van der Waals surface area contributed by atoms with E-state index in [1.165, 1.54) is 12.1 Å². The van der Waals surface area contributed by atoms with Gasteiger partial charge in [0.15, 0.2) is 0 Å². The van der Waals surface area contributed by atoms with E-state index >= 15 is 0 Å². The molecule has 3 nitrogen and oxygen atoms in total. The Kier molecular flexibility index (Phi) is 4.03. The van der Waals surface area contributed by atoms with Crippen molar-refractivity contribution in [3.8, 4) is 0 Å². The van der Waals surface area contributed by atoms with Gasteiger partial charge in [-0.25, -0.2) is 4.39 Å². The van der Waals surface area contributed by atoms with Crippen LogP contribution in [-0.2, 0) is 4.79 Å². The smallest absolute Gasteiger partial charge is 0.267 e. The Hall–Kier alpha value is -2.49. The van der Waals surface area contributed by atoms with E-state index in [2.05, 4.69) is 5.32 Å². The maximum Gasteiger partial charge on any atom is 0.267 e. The van der Waals surface area contributed by atoms with Gasteiger partial charge in [0.25, 0.3) is 5.91 Å². The van der Waals surface area contributed by atoms with Crippen molar-refractivity contribution in [2.75, 3.05) is 5.32 Å². The van der Waals surface area contributed by atoms with Crippen LogP contribution in [0.25, 0.3) is 0 Å². The molecule has 0 spiro atoms. The predicted octanol–water partition coefficient (Wildman–Crippen LogP) is 2.85. The minimum atomic E-state index is -2.21. The number of benzene rings is 2. The van der Waals surface area contributed by atoms with Gasteiger partial charge in [-0.3, -0.25) is 9.59 Å². The molecule has 0 fully saturated rings. The molecule has 1 atom stereocenters. The van der Waals surface area contributed by atoms with E-state index in [9.17, 15) is 14.0 Å². The van der Waals surface area contributed by atoms with E-state index in [1.54, 1.807) is 48.5 Å². The highest BCUT2D eigenvalue weighted by Crippen LogP contribution is 2.10. The van der Waals surface area contributed by atoms with E-state index in [1.807, 2.05) is 0 Å². The lowest BCUT2D eigenvalue weighted by Crippen LogP contribution is -2.31. The number of alkyl halides is 1. The van der Waals surface area contributed by atoms with Crippen molar-refractivity contribution >= 4 is 17.4 Å². The molecule has 0 aliphatic carbocycles. The monoisotopic (exact) mass is 257 g/mol. The van der Waals surface area contributed by atoms with Crippen molar-refractivity contribution in [1.82, 2.24) is 0 Å². The van der Waals surface area contributed by atoms with Crippen LogP contribution in [0.4, 0.5) is 10.1 Å². The maximum atomic E-state index is 13.8. The molecule has 1 unspecified atom stereocenters. The van der Waals surface area contributed by atoms with Crippen molar-refractivity contribution in [2.45, 2.75) is 6.17 Å². The molecular formula is C15H12FNO2. The van der Waals surface area contributed by atoms with Crippen LogP contribution in [-0.4, -0.2) is 17.9 Å². The van der Waals surface area contributed by atoms with E-state index in [4.69, 9.17) is 0 Å². The molecular weight excluding hydrogens is 245 g/mol. The Bertz CT molecular complexity index is 569. The van der Waals surface area contributed by atoms with Crippen molar-refractivity contribution in [3.05, 3.63) is 66.2 Å². The largest absolute Gasteiger partial charge is 0.323 e. The molecule has 4 heteroatoms. The standard InChI is InChI=1S/C15H12FNO2/c16-13(14(18)11-7-3-1-4-8-11)15(19)17-12-9-5-2-6-10-12/h1-10,13H,(H,17,19). The number of nitrogens with one attached hydrogen (secondary N) is 1. The summed E-state index contributed by atoms with van der Waals surface area (Å²) in [5, 5.41) is 2.36. The molecule has 0 saturated carbocycles. The zero-order chi connectivity index (χ0) is 13.7. The van der Waals surface area contributed by atoms with Crippen molar-refractivity contribution < 1.29 is 14.0 Å². The number of anilines is 1. The summed E-state index contributed by atoms with van der Waals surface area (Å²) in [4.78, 5) is 23.4. The molecule has 0 aromatic heterocycles. The number of hydrogen-bond donors (Lipinski definition) is 1. The zero-order valence-corrected chi connectivity index (χ0v) is 10.0. The molecule has 0 radical (unpaired) electrons. The normalized spacial score (nSPS) is 11.6. The van der Waals surface area contributed by atoms with Gasteiger partial charge in [0.1, 0.15) is 0 Å². The number of Topliss-reactive ketones (excluding diaryl/α,β-unsaturated/α-hetero) is 1. The average molecular weight is 257 g/mol. The number of ketones is 1. The molecule has 1 N–H and O–H groups in total. The first-order valence-electron chi connectivity index (χ1n) is 5.78. The van der Waals surface area contributed by atoms with Gasteiger partial charge in [-0.1, -0.05) is 48.5 Å². The Labute approximate surface area is 110 Å². The number of para-hydroxylation sites is 1. The third kappa shape index (κ3) is 3.25.